The molecule has 4 rings (SSSR count). The number of carbonyl (C=O) groups excluding carboxylic acids is 2. The minimum absolute atomic E-state index is 0.00669. The van der Waals surface area contributed by atoms with E-state index >= 15 is 0 Å². The summed E-state index contributed by atoms with van der Waals surface area (Å²) in [6.45, 7) is 3.74. The van der Waals surface area contributed by atoms with Crippen LogP contribution in [0.4, 0.5) is 5.69 Å². The number of carbonyl (C=O) groups is 2. The molecule has 2 amide bonds. The Labute approximate surface area is 198 Å². The smallest absolute Gasteiger partial charge is 0.298 e. The van der Waals surface area contributed by atoms with Crippen LogP contribution in [0.25, 0.3) is 11.0 Å². The van der Waals surface area contributed by atoms with Crippen molar-refractivity contribution in [1.82, 2.24) is 14.5 Å². The Bertz CT molecular complexity index is 1200. The van der Waals surface area contributed by atoms with Crippen LogP contribution in [0.2, 0.25) is 0 Å². The van der Waals surface area contributed by atoms with E-state index in [1.54, 1.807) is 23.1 Å². The van der Waals surface area contributed by atoms with Gasteiger partial charge in [-0.25, -0.2) is 14.9 Å². The molecule has 1 aromatic carbocycles. The Hall–Kier alpha value is -3.12. The molecular weight excluding hydrogens is 460 g/mol. The number of rotatable bonds is 5. The van der Waals surface area contributed by atoms with E-state index in [1.807, 2.05) is 13.0 Å². The third-order valence-corrected chi connectivity index (χ3v) is 6.44. The molecule has 0 aliphatic carbocycles. The SMILES string of the molecule is Cc1cc2cc(NC(=NC3CCCCN(CC(=O)N4CCCC4)C3=O)NS(N)(=O)=O)ccc2o1. The summed E-state index contributed by atoms with van der Waals surface area (Å²) >= 11 is 0. The van der Waals surface area contributed by atoms with Crippen LogP contribution in [0.1, 0.15) is 37.9 Å². The van der Waals surface area contributed by atoms with Gasteiger partial charge in [-0.1, -0.05) is 0 Å². The van der Waals surface area contributed by atoms with Crippen molar-refractivity contribution in [3.05, 3.63) is 30.0 Å². The fraction of sp³-hybridized carbons (Fsp3) is 0.500. The molecule has 4 N–H and O–H groups in total. The monoisotopic (exact) mass is 490 g/mol. The van der Waals surface area contributed by atoms with Gasteiger partial charge < -0.3 is 19.5 Å². The van der Waals surface area contributed by atoms with Gasteiger partial charge in [0.2, 0.25) is 17.8 Å². The highest BCUT2D eigenvalue weighted by Crippen LogP contribution is 2.23. The second kappa shape index (κ2) is 10.0. The standard InChI is InChI=1S/C22H30N6O5S/c1-15-12-16-13-17(7-8-19(16)33-15)24-22(26-34(23,31)32)25-18-6-2-3-11-28(21(18)30)14-20(29)27-9-4-5-10-27/h7-8,12-13,18H,2-6,9-11,14H2,1H3,(H2,23,31,32)(H2,24,25,26). The molecule has 2 aliphatic heterocycles. The predicted molar refractivity (Wildman–Crippen MR) is 128 cm³/mol. The van der Waals surface area contributed by atoms with Crippen molar-refractivity contribution in [2.75, 3.05) is 31.5 Å². The molecule has 34 heavy (non-hydrogen) atoms. The number of guanidine groups is 1. The minimum Gasteiger partial charge on any atom is -0.461 e. The number of hydrogen-bond acceptors (Lipinski definition) is 6. The van der Waals surface area contributed by atoms with E-state index in [2.05, 4.69) is 15.0 Å². The van der Waals surface area contributed by atoms with Gasteiger partial charge in [0.1, 0.15) is 17.4 Å². The lowest BCUT2D eigenvalue weighted by Gasteiger charge is -2.25. The molecule has 1 unspecified atom stereocenters. The fourth-order valence-corrected chi connectivity index (χ4v) is 4.73. The van der Waals surface area contributed by atoms with Crippen molar-refractivity contribution in [3.8, 4) is 0 Å². The highest BCUT2D eigenvalue weighted by Gasteiger charge is 2.30. The summed E-state index contributed by atoms with van der Waals surface area (Å²) in [5.41, 5.74) is 1.24. The summed E-state index contributed by atoms with van der Waals surface area (Å²) in [5, 5.41) is 8.94. The summed E-state index contributed by atoms with van der Waals surface area (Å²) in [4.78, 5) is 33.5. The number of aryl methyl sites for hydroxylation is 1. The van der Waals surface area contributed by atoms with E-state index in [-0.39, 0.29) is 24.3 Å². The zero-order valence-electron chi connectivity index (χ0n) is 19.1. The van der Waals surface area contributed by atoms with Crippen LogP contribution < -0.4 is 15.2 Å². The van der Waals surface area contributed by atoms with E-state index < -0.39 is 16.3 Å². The predicted octanol–water partition coefficient (Wildman–Crippen LogP) is 1.31. The number of aliphatic imine (C=N–C) groups is 1. The maximum atomic E-state index is 13.2. The maximum Gasteiger partial charge on any atom is 0.298 e. The zero-order chi connectivity index (χ0) is 24.3. The molecule has 1 aromatic heterocycles. The van der Waals surface area contributed by atoms with Crippen LogP contribution in [-0.4, -0.2) is 68.2 Å². The number of nitrogens with two attached hydrogens (primary N) is 1. The molecule has 11 nitrogen and oxygen atoms in total. The average Bonchev–Trinajstić information content (AvgIpc) is 3.38. The second-order valence-electron chi connectivity index (χ2n) is 8.72. The lowest BCUT2D eigenvalue weighted by atomic mass is 10.1. The van der Waals surface area contributed by atoms with Crippen LogP contribution in [0.5, 0.6) is 0 Å². The van der Waals surface area contributed by atoms with Gasteiger partial charge in [-0.15, -0.1) is 0 Å². The van der Waals surface area contributed by atoms with Crippen molar-refractivity contribution in [2.24, 2.45) is 10.1 Å². The van der Waals surface area contributed by atoms with Crippen LogP contribution in [-0.2, 0) is 19.8 Å². The largest absolute Gasteiger partial charge is 0.461 e. The van der Waals surface area contributed by atoms with Gasteiger partial charge >= 0.3 is 0 Å². The molecular formula is C22H30N6O5S. The highest BCUT2D eigenvalue weighted by atomic mass is 32.2. The average molecular weight is 491 g/mol. The molecule has 1 atom stereocenters. The number of benzene rings is 1. The zero-order valence-corrected chi connectivity index (χ0v) is 19.9. The van der Waals surface area contributed by atoms with E-state index in [0.29, 0.717) is 24.2 Å². The normalized spacial score (nSPS) is 20.0. The van der Waals surface area contributed by atoms with Gasteiger partial charge in [0.05, 0.1) is 6.54 Å². The maximum absolute atomic E-state index is 13.2. The van der Waals surface area contributed by atoms with E-state index in [9.17, 15) is 18.0 Å². The number of nitrogens with one attached hydrogen (secondary N) is 2. The molecule has 2 aliphatic rings. The number of fused-ring (bicyclic) bond motifs is 1. The molecule has 0 spiro atoms. The van der Waals surface area contributed by atoms with Crippen LogP contribution >= 0.6 is 0 Å². The van der Waals surface area contributed by atoms with Crippen LogP contribution in [0.15, 0.2) is 33.7 Å². The van der Waals surface area contributed by atoms with Gasteiger partial charge in [0.25, 0.3) is 10.2 Å². The molecule has 2 saturated heterocycles. The minimum atomic E-state index is -4.15. The Morgan fingerprint density at radius 1 is 1.18 bits per heavy atom. The van der Waals surface area contributed by atoms with Crippen molar-refractivity contribution in [3.63, 3.8) is 0 Å². The molecule has 0 radical (unpaired) electrons. The fourth-order valence-electron chi connectivity index (χ4n) is 4.36. The van der Waals surface area contributed by atoms with Gasteiger partial charge in [-0.05, 0) is 63.3 Å². The first-order valence-corrected chi connectivity index (χ1v) is 12.9. The summed E-state index contributed by atoms with van der Waals surface area (Å²) in [5.74, 6) is 0.214. The quantitative estimate of drug-likeness (QED) is 0.425. The van der Waals surface area contributed by atoms with E-state index in [1.165, 1.54) is 4.90 Å². The Morgan fingerprint density at radius 2 is 1.91 bits per heavy atom. The Kier molecular flexibility index (Phi) is 7.08. The number of likely N-dealkylation sites (tertiary alicyclic amines) is 2. The topological polar surface area (TPSA) is 150 Å². The van der Waals surface area contributed by atoms with Crippen LogP contribution in [0, 0.1) is 6.92 Å². The number of amides is 2. The summed E-state index contributed by atoms with van der Waals surface area (Å²) in [7, 11) is -4.15. The van der Waals surface area contributed by atoms with Gasteiger partial charge in [-0.3, -0.25) is 9.59 Å². The molecule has 3 heterocycles. The Morgan fingerprint density at radius 3 is 2.65 bits per heavy atom. The number of nitrogens with zero attached hydrogens (tertiary/aromatic N) is 3. The van der Waals surface area contributed by atoms with Crippen molar-refractivity contribution in [1.29, 1.82) is 0 Å². The van der Waals surface area contributed by atoms with E-state index in [0.717, 1.165) is 49.9 Å². The molecule has 2 fully saturated rings. The van der Waals surface area contributed by atoms with Crippen molar-refractivity contribution in [2.45, 2.75) is 45.1 Å². The van der Waals surface area contributed by atoms with E-state index in [4.69, 9.17) is 9.56 Å². The van der Waals surface area contributed by atoms with Crippen molar-refractivity contribution >= 4 is 44.6 Å². The van der Waals surface area contributed by atoms with Crippen LogP contribution in [0.3, 0.4) is 0 Å². The summed E-state index contributed by atoms with van der Waals surface area (Å²) in [6, 6.07) is 6.26. The number of hydrogen-bond donors (Lipinski definition) is 3. The number of furan rings is 1. The first-order valence-electron chi connectivity index (χ1n) is 11.4. The molecule has 2 aromatic rings. The molecule has 0 bridgehead atoms. The molecule has 0 saturated carbocycles. The molecule has 184 valence electrons. The number of anilines is 1. The summed E-state index contributed by atoms with van der Waals surface area (Å²) in [6.07, 6.45) is 3.85. The second-order valence-corrected chi connectivity index (χ2v) is 10.0. The van der Waals surface area contributed by atoms with Gasteiger partial charge in [0.15, 0.2) is 0 Å². The lowest BCUT2D eigenvalue weighted by Crippen LogP contribution is -2.46. The van der Waals surface area contributed by atoms with Gasteiger partial charge in [0, 0.05) is 30.7 Å². The lowest BCUT2D eigenvalue weighted by molar-refractivity contribution is -0.140. The third kappa shape index (κ3) is 6.06. The first-order chi connectivity index (χ1) is 16.2. The summed E-state index contributed by atoms with van der Waals surface area (Å²) < 4.78 is 31.3. The third-order valence-electron chi connectivity index (χ3n) is 5.96. The van der Waals surface area contributed by atoms with Gasteiger partial charge in [-0.2, -0.15) is 8.42 Å². The highest BCUT2D eigenvalue weighted by molar-refractivity contribution is 7.87. The Balaban J connectivity index is 1.55. The first kappa shape index (κ1) is 24.0. The molecule has 12 heteroatoms. The van der Waals surface area contributed by atoms with Crippen molar-refractivity contribution < 1.29 is 22.4 Å².